The van der Waals surface area contributed by atoms with Gasteiger partial charge in [-0.3, -0.25) is 4.79 Å². The number of aryl methyl sites for hydroxylation is 1. The third-order valence-electron chi connectivity index (χ3n) is 5.96. The van der Waals surface area contributed by atoms with Gasteiger partial charge in [-0.05, 0) is 67.5 Å². The van der Waals surface area contributed by atoms with Gasteiger partial charge in [0.1, 0.15) is 0 Å². The summed E-state index contributed by atoms with van der Waals surface area (Å²) in [4.78, 5) is 27.1. The number of likely N-dealkylation sites (tertiary alicyclic amines) is 1. The number of urea groups is 1. The normalized spacial score (nSPS) is 19.0. The van der Waals surface area contributed by atoms with Crippen LogP contribution in [-0.4, -0.2) is 29.9 Å². The van der Waals surface area contributed by atoms with Crippen molar-refractivity contribution in [3.8, 4) is 0 Å². The number of fused-ring (bicyclic) bond motifs is 1. The molecule has 2 N–H and O–H groups in total. The minimum absolute atomic E-state index is 0.0452. The molecule has 1 fully saturated rings. The van der Waals surface area contributed by atoms with Gasteiger partial charge >= 0.3 is 6.03 Å². The van der Waals surface area contributed by atoms with Crippen molar-refractivity contribution < 1.29 is 9.59 Å². The molecule has 152 valence electrons. The van der Waals surface area contributed by atoms with Gasteiger partial charge in [0.15, 0.2) is 0 Å². The second-order valence-electron chi connectivity index (χ2n) is 8.03. The number of benzene rings is 2. The van der Waals surface area contributed by atoms with Crippen molar-refractivity contribution in [2.75, 3.05) is 18.4 Å². The standard InChI is InChI=1S/C24H29N3O2/c28-23(27-16-5-1-2-6-17-27)19-12-14-20(15-13-19)25-24(29)26-22-11-7-9-18-8-3-4-10-21(18)22/h3-4,8,10,12-15,22H,1-2,5-7,9,11,16-17H2,(H2,25,26,29). The highest BCUT2D eigenvalue weighted by atomic mass is 16.2. The zero-order valence-electron chi connectivity index (χ0n) is 16.8. The molecule has 1 saturated heterocycles. The second-order valence-corrected chi connectivity index (χ2v) is 8.03. The summed E-state index contributed by atoms with van der Waals surface area (Å²) in [6, 6.07) is 15.4. The van der Waals surface area contributed by atoms with E-state index in [9.17, 15) is 9.59 Å². The number of nitrogens with one attached hydrogen (secondary N) is 2. The molecular weight excluding hydrogens is 362 g/mol. The Morgan fingerprint density at radius 1 is 0.862 bits per heavy atom. The molecule has 5 nitrogen and oxygen atoms in total. The lowest BCUT2D eigenvalue weighted by Gasteiger charge is -2.26. The van der Waals surface area contributed by atoms with Crippen molar-refractivity contribution in [1.82, 2.24) is 10.2 Å². The fraction of sp³-hybridized carbons (Fsp3) is 0.417. The van der Waals surface area contributed by atoms with Crippen LogP contribution in [0.5, 0.6) is 0 Å². The number of carbonyl (C=O) groups is 2. The highest BCUT2D eigenvalue weighted by Gasteiger charge is 2.21. The predicted molar refractivity (Wildman–Crippen MR) is 115 cm³/mol. The molecular formula is C24H29N3O2. The summed E-state index contributed by atoms with van der Waals surface area (Å²) in [5.41, 5.74) is 3.91. The monoisotopic (exact) mass is 391 g/mol. The Morgan fingerprint density at radius 3 is 2.34 bits per heavy atom. The van der Waals surface area contributed by atoms with E-state index < -0.39 is 0 Å². The molecule has 1 unspecified atom stereocenters. The lowest BCUT2D eigenvalue weighted by atomic mass is 9.88. The summed E-state index contributed by atoms with van der Waals surface area (Å²) < 4.78 is 0. The maximum absolute atomic E-state index is 12.7. The number of rotatable bonds is 3. The molecule has 2 aliphatic rings. The average Bonchev–Trinajstić information content (AvgIpc) is 3.04. The first kappa shape index (κ1) is 19.5. The first-order chi connectivity index (χ1) is 14.2. The molecule has 0 spiro atoms. The van der Waals surface area contributed by atoms with Gasteiger partial charge in [0.25, 0.3) is 5.91 Å². The van der Waals surface area contributed by atoms with Crippen LogP contribution in [0.15, 0.2) is 48.5 Å². The van der Waals surface area contributed by atoms with Crippen LogP contribution in [0, 0.1) is 0 Å². The Kier molecular flexibility index (Phi) is 6.13. The Morgan fingerprint density at radius 2 is 1.59 bits per heavy atom. The number of hydrogen-bond acceptors (Lipinski definition) is 2. The highest BCUT2D eigenvalue weighted by Crippen LogP contribution is 2.29. The van der Waals surface area contributed by atoms with E-state index in [-0.39, 0.29) is 18.0 Å². The van der Waals surface area contributed by atoms with Crippen molar-refractivity contribution in [1.29, 1.82) is 0 Å². The summed E-state index contributed by atoms with van der Waals surface area (Å²) in [5.74, 6) is 0.0849. The molecule has 2 aromatic rings. The van der Waals surface area contributed by atoms with E-state index in [1.165, 1.54) is 24.0 Å². The number of amides is 3. The van der Waals surface area contributed by atoms with Crippen molar-refractivity contribution in [3.05, 3.63) is 65.2 Å². The van der Waals surface area contributed by atoms with Crippen LogP contribution in [0.3, 0.4) is 0 Å². The van der Waals surface area contributed by atoms with Crippen molar-refractivity contribution in [2.24, 2.45) is 0 Å². The van der Waals surface area contributed by atoms with Crippen LogP contribution in [0.1, 0.15) is 66.1 Å². The molecule has 0 radical (unpaired) electrons. The zero-order chi connectivity index (χ0) is 20.1. The third-order valence-corrected chi connectivity index (χ3v) is 5.96. The second kappa shape index (κ2) is 9.12. The molecule has 0 aromatic heterocycles. The van der Waals surface area contributed by atoms with E-state index in [1.807, 2.05) is 11.0 Å². The first-order valence-corrected chi connectivity index (χ1v) is 10.8. The molecule has 5 heteroatoms. The van der Waals surface area contributed by atoms with Crippen LogP contribution in [0.25, 0.3) is 0 Å². The van der Waals surface area contributed by atoms with E-state index in [2.05, 4.69) is 28.8 Å². The van der Waals surface area contributed by atoms with Gasteiger partial charge in [-0.25, -0.2) is 4.79 Å². The number of nitrogens with zero attached hydrogens (tertiary/aromatic N) is 1. The fourth-order valence-electron chi connectivity index (χ4n) is 4.38. The first-order valence-electron chi connectivity index (χ1n) is 10.8. The van der Waals surface area contributed by atoms with Crippen molar-refractivity contribution in [2.45, 2.75) is 51.0 Å². The third kappa shape index (κ3) is 4.78. The van der Waals surface area contributed by atoms with Gasteiger partial charge in [-0.1, -0.05) is 37.1 Å². The van der Waals surface area contributed by atoms with E-state index >= 15 is 0 Å². The van der Waals surface area contributed by atoms with E-state index in [4.69, 9.17) is 0 Å². The Bertz CT molecular complexity index is 855. The fourth-order valence-corrected chi connectivity index (χ4v) is 4.38. The van der Waals surface area contributed by atoms with Crippen LogP contribution in [-0.2, 0) is 6.42 Å². The quantitative estimate of drug-likeness (QED) is 0.782. The molecule has 1 aliphatic heterocycles. The Balaban J connectivity index is 1.35. The van der Waals surface area contributed by atoms with Gasteiger partial charge in [0, 0.05) is 24.3 Å². The zero-order valence-corrected chi connectivity index (χ0v) is 16.8. The number of carbonyl (C=O) groups excluding carboxylic acids is 2. The Labute approximate surface area is 172 Å². The van der Waals surface area contributed by atoms with Crippen molar-refractivity contribution in [3.63, 3.8) is 0 Å². The molecule has 0 saturated carbocycles. The topological polar surface area (TPSA) is 61.4 Å². The van der Waals surface area contributed by atoms with E-state index in [0.29, 0.717) is 11.3 Å². The molecule has 1 aliphatic carbocycles. The van der Waals surface area contributed by atoms with E-state index in [0.717, 1.165) is 45.2 Å². The van der Waals surface area contributed by atoms with E-state index in [1.54, 1.807) is 24.3 Å². The van der Waals surface area contributed by atoms with Crippen LogP contribution >= 0.6 is 0 Å². The molecule has 1 atom stereocenters. The minimum Gasteiger partial charge on any atom is -0.339 e. The number of hydrogen-bond donors (Lipinski definition) is 2. The smallest absolute Gasteiger partial charge is 0.319 e. The molecule has 29 heavy (non-hydrogen) atoms. The average molecular weight is 392 g/mol. The van der Waals surface area contributed by atoms with Crippen LogP contribution in [0.2, 0.25) is 0 Å². The van der Waals surface area contributed by atoms with Gasteiger partial charge in [0.2, 0.25) is 0 Å². The number of anilines is 1. The largest absolute Gasteiger partial charge is 0.339 e. The Hall–Kier alpha value is -2.82. The van der Waals surface area contributed by atoms with Gasteiger partial charge in [-0.15, -0.1) is 0 Å². The van der Waals surface area contributed by atoms with Gasteiger partial charge in [0.05, 0.1) is 6.04 Å². The lowest BCUT2D eigenvalue weighted by Crippen LogP contribution is -2.34. The molecule has 2 aromatic carbocycles. The van der Waals surface area contributed by atoms with Gasteiger partial charge in [-0.2, -0.15) is 0 Å². The molecule has 1 heterocycles. The van der Waals surface area contributed by atoms with Crippen LogP contribution < -0.4 is 10.6 Å². The minimum atomic E-state index is -0.210. The SMILES string of the molecule is O=C(Nc1ccc(C(=O)N2CCCCCC2)cc1)NC1CCCc2ccccc21. The lowest BCUT2D eigenvalue weighted by molar-refractivity contribution is 0.0761. The predicted octanol–water partition coefficient (Wildman–Crippen LogP) is 4.90. The maximum Gasteiger partial charge on any atom is 0.319 e. The van der Waals surface area contributed by atoms with Crippen molar-refractivity contribution >= 4 is 17.6 Å². The van der Waals surface area contributed by atoms with Crippen LogP contribution in [0.4, 0.5) is 10.5 Å². The van der Waals surface area contributed by atoms with Gasteiger partial charge < -0.3 is 15.5 Å². The maximum atomic E-state index is 12.7. The summed E-state index contributed by atoms with van der Waals surface area (Å²) in [6.45, 7) is 1.67. The molecule has 4 rings (SSSR count). The summed E-state index contributed by atoms with van der Waals surface area (Å²) in [5, 5.41) is 6.00. The molecule has 3 amide bonds. The highest BCUT2D eigenvalue weighted by molar-refractivity contribution is 5.95. The summed E-state index contributed by atoms with van der Waals surface area (Å²) in [6.07, 6.45) is 7.66. The molecule has 0 bridgehead atoms. The summed E-state index contributed by atoms with van der Waals surface area (Å²) >= 11 is 0. The summed E-state index contributed by atoms with van der Waals surface area (Å²) in [7, 11) is 0.